The maximum atomic E-state index is 11.5. The summed E-state index contributed by atoms with van der Waals surface area (Å²) in [5, 5.41) is 11.5. The highest BCUT2D eigenvalue weighted by atomic mass is 16.9. The van der Waals surface area contributed by atoms with Crippen molar-refractivity contribution < 1.29 is 19.3 Å². The van der Waals surface area contributed by atoms with E-state index in [1.54, 1.807) is 0 Å². The lowest BCUT2D eigenvalue weighted by Crippen LogP contribution is -2.30. The number of carbonyl (C=O) groups excluding carboxylic acids is 1. The lowest BCUT2D eigenvalue weighted by atomic mass is 9.95. The van der Waals surface area contributed by atoms with Gasteiger partial charge in [0.15, 0.2) is 6.10 Å². The highest BCUT2D eigenvalue weighted by molar-refractivity contribution is 5.89. The third-order valence-electron chi connectivity index (χ3n) is 3.14. The molecule has 98 valence electrons. The quantitative estimate of drug-likeness (QED) is 0.407. The Hall–Kier alpha value is -1.26. The zero-order valence-electron chi connectivity index (χ0n) is 10.8. The molecule has 1 rings (SSSR count). The van der Waals surface area contributed by atoms with E-state index < -0.39 is 12.1 Å². The molecule has 2 atom stereocenters. The first kappa shape index (κ1) is 13.8. The van der Waals surface area contributed by atoms with Crippen molar-refractivity contribution in [1.82, 2.24) is 0 Å². The van der Waals surface area contributed by atoms with Crippen LogP contribution in [-0.4, -0.2) is 29.8 Å². The van der Waals surface area contributed by atoms with Gasteiger partial charge in [0, 0.05) is 11.3 Å². The molecule has 0 fully saturated rings. The maximum absolute atomic E-state index is 11.5. The van der Waals surface area contributed by atoms with Gasteiger partial charge in [-0.25, -0.2) is 0 Å². The second kappa shape index (κ2) is 6.47. The SMILES string of the molecule is CCCCCCC1=[N+]([O-])O[C@H](C(=O)OC)[C@H]1C. The molecular formula is C12H21NO4. The summed E-state index contributed by atoms with van der Waals surface area (Å²) in [4.78, 5) is 16.8. The minimum atomic E-state index is -0.779. The van der Waals surface area contributed by atoms with E-state index in [9.17, 15) is 10.0 Å². The van der Waals surface area contributed by atoms with Crippen LogP contribution in [0.25, 0.3) is 0 Å². The second-order valence-electron chi connectivity index (χ2n) is 4.40. The van der Waals surface area contributed by atoms with E-state index in [0.29, 0.717) is 17.0 Å². The predicted molar refractivity (Wildman–Crippen MR) is 63.4 cm³/mol. The average molecular weight is 243 g/mol. The first-order valence-electron chi connectivity index (χ1n) is 6.19. The summed E-state index contributed by atoms with van der Waals surface area (Å²) in [6, 6.07) is 0. The van der Waals surface area contributed by atoms with Crippen molar-refractivity contribution in [3.8, 4) is 0 Å². The van der Waals surface area contributed by atoms with Crippen LogP contribution < -0.4 is 0 Å². The number of unbranched alkanes of at least 4 members (excludes halogenated alkanes) is 3. The highest BCUT2D eigenvalue weighted by Gasteiger charge is 2.40. The predicted octanol–water partition coefficient (Wildman–Crippen LogP) is 2.03. The fourth-order valence-electron chi connectivity index (χ4n) is 2.02. The van der Waals surface area contributed by atoms with Crippen molar-refractivity contribution in [3.63, 3.8) is 0 Å². The molecular weight excluding hydrogens is 222 g/mol. The standard InChI is InChI=1S/C12H21NO4/c1-4-5-6-7-8-10-9(2)11(12(14)16-3)17-13(10)15/h9,11H,4-8H2,1-3H3/t9-,11-/m0/s1. The van der Waals surface area contributed by atoms with Crippen molar-refractivity contribution in [3.05, 3.63) is 5.21 Å². The van der Waals surface area contributed by atoms with E-state index in [-0.39, 0.29) is 5.92 Å². The van der Waals surface area contributed by atoms with E-state index >= 15 is 0 Å². The average Bonchev–Trinajstić information content (AvgIpc) is 2.60. The van der Waals surface area contributed by atoms with Crippen LogP contribution in [0, 0.1) is 11.1 Å². The zero-order chi connectivity index (χ0) is 12.8. The third-order valence-corrected chi connectivity index (χ3v) is 3.14. The van der Waals surface area contributed by atoms with Crippen LogP contribution in [0.1, 0.15) is 46.0 Å². The minimum Gasteiger partial charge on any atom is -0.468 e. The number of nitrogens with zero attached hydrogens (tertiary/aromatic N) is 1. The van der Waals surface area contributed by atoms with E-state index in [0.717, 1.165) is 19.3 Å². The van der Waals surface area contributed by atoms with Crippen LogP contribution in [0.15, 0.2) is 0 Å². The summed E-state index contributed by atoms with van der Waals surface area (Å²) < 4.78 is 4.60. The Morgan fingerprint density at radius 2 is 2.18 bits per heavy atom. The lowest BCUT2D eigenvalue weighted by molar-refractivity contribution is -0.738. The van der Waals surface area contributed by atoms with Gasteiger partial charge in [-0.15, -0.1) is 0 Å². The number of hydrogen-bond donors (Lipinski definition) is 0. The second-order valence-corrected chi connectivity index (χ2v) is 4.40. The first-order chi connectivity index (χ1) is 8.11. The van der Waals surface area contributed by atoms with Gasteiger partial charge < -0.3 is 9.57 Å². The number of ether oxygens (including phenoxy) is 1. The molecule has 0 N–H and O–H groups in total. The van der Waals surface area contributed by atoms with Gasteiger partial charge in [-0.2, -0.15) is 0 Å². The monoisotopic (exact) mass is 243 g/mol. The summed E-state index contributed by atoms with van der Waals surface area (Å²) >= 11 is 0. The molecule has 17 heavy (non-hydrogen) atoms. The molecule has 0 spiro atoms. The van der Waals surface area contributed by atoms with E-state index in [4.69, 9.17) is 4.84 Å². The van der Waals surface area contributed by atoms with E-state index in [1.807, 2.05) is 6.92 Å². The molecule has 0 unspecified atom stereocenters. The van der Waals surface area contributed by atoms with Crippen LogP contribution >= 0.6 is 0 Å². The Morgan fingerprint density at radius 3 is 2.76 bits per heavy atom. The van der Waals surface area contributed by atoms with Crippen LogP contribution in [0.3, 0.4) is 0 Å². The van der Waals surface area contributed by atoms with Crippen LogP contribution in [0.5, 0.6) is 0 Å². The summed E-state index contributed by atoms with van der Waals surface area (Å²) in [7, 11) is 1.30. The fraction of sp³-hybridized carbons (Fsp3) is 0.833. The molecule has 5 nitrogen and oxygen atoms in total. The molecule has 0 aromatic heterocycles. The molecule has 0 radical (unpaired) electrons. The number of carbonyl (C=O) groups is 1. The summed E-state index contributed by atoms with van der Waals surface area (Å²) in [5.74, 6) is -0.677. The largest absolute Gasteiger partial charge is 0.468 e. The van der Waals surface area contributed by atoms with Crippen molar-refractivity contribution in [2.75, 3.05) is 7.11 Å². The first-order valence-corrected chi connectivity index (χ1v) is 6.19. The molecule has 0 aliphatic carbocycles. The molecule has 0 saturated heterocycles. The van der Waals surface area contributed by atoms with E-state index in [1.165, 1.54) is 13.5 Å². The van der Waals surface area contributed by atoms with Crippen molar-refractivity contribution >= 4 is 11.7 Å². The van der Waals surface area contributed by atoms with Crippen molar-refractivity contribution in [2.45, 2.75) is 52.1 Å². The molecule has 1 aliphatic rings. The molecule has 1 aliphatic heterocycles. The Bertz CT molecular complexity index is 301. The Morgan fingerprint density at radius 1 is 1.47 bits per heavy atom. The van der Waals surface area contributed by atoms with Gasteiger partial charge in [-0.05, 0) is 6.42 Å². The van der Waals surface area contributed by atoms with Gasteiger partial charge in [0.05, 0.1) is 13.0 Å². The molecule has 0 aromatic rings. The van der Waals surface area contributed by atoms with Crippen LogP contribution in [0.4, 0.5) is 0 Å². The molecule has 0 bridgehead atoms. The van der Waals surface area contributed by atoms with Crippen molar-refractivity contribution in [2.24, 2.45) is 5.92 Å². The number of methoxy groups -OCH3 is 1. The maximum Gasteiger partial charge on any atom is 0.326 e. The van der Waals surface area contributed by atoms with Gasteiger partial charge in [0.2, 0.25) is 5.71 Å². The Labute approximate surface area is 102 Å². The number of rotatable bonds is 6. The molecule has 0 saturated carbocycles. The van der Waals surface area contributed by atoms with Crippen molar-refractivity contribution in [1.29, 1.82) is 0 Å². The summed E-state index contributed by atoms with van der Waals surface area (Å²) in [5.41, 5.74) is 0.650. The highest BCUT2D eigenvalue weighted by Crippen LogP contribution is 2.22. The number of esters is 1. The minimum absolute atomic E-state index is 0.193. The molecule has 0 amide bonds. The van der Waals surface area contributed by atoms with Gasteiger partial charge in [-0.3, -0.25) is 10.0 Å². The Kier molecular flexibility index (Phi) is 5.25. The fourth-order valence-corrected chi connectivity index (χ4v) is 2.02. The van der Waals surface area contributed by atoms with Gasteiger partial charge in [0.1, 0.15) is 0 Å². The third kappa shape index (κ3) is 3.35. The number of hydrogen-bond acceptors (Lipinski definition) is 4. The topological polar surface area (TPSA) is 61.6 Å². The smallest absolute Gasteiger partial charge is 0.326 e. The van der Waals surface area contributed by atoms with Gasteiger partial charge in [0.25, 0.3) is 0 Å². The molecule has 1 heterocycles. The summed E-state index contributed by atoms with van der Waals surface area (Å²) in [6.45, 7) is 3.97. The molecule has 5 heteroatoms. The lowest BCUT2D eigenvalue weighted by Gasteiger charge is -2.12. The normalized spacial score (nSPS) is 23.7. The van der Waals surface area contributed by atoms with Gasteiger partial charge >= 0.3 is 5.97 Å². The summed E-state index contributed by atoms with van der Waals surface area (Å²) in [6.07, 6.45) is 4.30. The molecule has 0 aromatic carbocycles. The van der Waals surface area contributed by atoms with Crippen LogP contribution in [0.2, 0.25) is 0 Å². The van der Waals surface area contributed by atoms with Crippen LogP contribution in [-0.2, 0) is 14.4 Å². The van der Waals surface area contributed by atoms with Gasteiger partial charge in [-0.1, -0.05) is 33.1 Å². The zero-order valence-corrected chi connectivity index (χ0v) is 10.8. The van der Waals surface area contributed by atoms with E-state index in [2.05, 4.69) is 11.7 Å². The Balaban J connectivity index is 2.49.